The Morgan fingerprint density at radius 3 is 2.12 bits per heavy atom. The average molecular weight is 457 g/mol. The van der Waals surface area contributed by atoms with E-state index in [1.54, 1.807) is 6.92 Å². The lowest BCUT2D eigenvalue weighted by molar-refractivity contribution is -0.142. The van der Waals surface area contributed by atoms with Crippen LogP contribution in [0.1, 0.15) is 36.8 Å². The zero-order chi connectivity index (χ0) is 23.1. The van der Waals surface area contributed by atoms with Crippen molar-refractivity contribution < 1.29 is 24.2 Å². The summed E-state index contributed by atoms with van der Waals surface area (Å²) in [5.74, 6) is -1.10. The number of aliphatic carboxylic acids is 1. The molecule has 0 aromatic heterocycles. The van der Waals surface area contributed by atoms with E-state index in [9.17, 15) is 19.5 Å². The second-order valence-electron chi connectivity index (χ2n) is 7.61. The van der Waals surface area contributed by atoms with Crippen LogP contribution in [0.15, 0.2) is 48.5 Å². The zero-order valence-electron chi connectivity index (χ0n) is 18.2. The van der Waals surface area contributed by atoms with Gasteiger partial charge in [0.2, 0.25) is 5.91 Å². The highest BCUT2D eigenvalue weighted by molar-refractivity contribution is 7.98. The molecule has 8 heteroatoms. The van der Waals surface area contributed by atoms with Gasteiger partial charge in [-0.2, -0.15) is 11.8 Å². The third kappa shape index (κ3) is 5.43. The van der Waals surface area contributed by atoms with Crippen LogP contribution in [0, 0.1) is 0 Å². The molecule has 0 spiro atoms. The van der Waals surface area contributed by atoms with Crippen LogP contribution in [0.25, 0.3) is 11.1 Å². The van der Waals surface area contributed by atoms with Gasteiger partial charge in [0, 0.05) is 5.92 Å². The first-order valence-corrected chi connectivity index (χ1v) is 12.0. The number of ether oxygens (including phenoxy) is 1. The Morgan fingerprint density at radius 2 is 1.59 bits per heavy atom. The van der Waals surface area contributed by atoms with Gasteiger partial charge >= 0.3 is 12.1 Å². The molecule has 3 N–H and O–H groups in total. The Hall–Kier alpha value is -3.00. The lowest BCUT2D eigenvalue weighted by atomic mass is 9.98. The second kappa shape index (κ2) is 11.0. The van der Waals surface area contributed by atoms with E-state index >= 15 is 0 Å². The van der Waals surface area contributed by atoms with E-state index in [0.717, 1.165) is 22.3 Å². The van der Waals surface area contributed by atoms with Gasteiger partial charge in [-0.3, -0.25) is 4.79 Å². The lowest BCUT2D eigenvalue weighted by Gasteiger charge is -2.21. The number of thioether (sulfide) groups is 1. The molecule has 2 aromatic rings. The average Bonchev–Trinajstić information content (AvgIpc) is 3.12. The van der Waals surface area contributed by atoms with Crippen molar-refractivity contribution >= 4 is 29.7 Å². The van der Waals surface area contributed by atoms with E-state index in [-0.39, 0.29) is 12.5 Å². The summed E-state index contributed by atoms with van der Waals surface area (Å²) in [6, 6.07) is 14.2. The van der Waals surface area contributed by atoms with Crippen LogP contribution in [0.5, 0.6) is 0 Å². The molecule has 2 aromatic carbocycles. The highest BCUT2D eigenvalue weighted by Crippen LogP contribution is 2.44. The number of carbonyl (C=O) groups is 3. The lowest BCUT2D eigenvalue weighted by Crippen LogP contribution is -2.51. The molecule has 0 radical (unpaired) electrons. The zero-order valence-corrected chi connectivity index (χ0v) is 19.0. The molecule has 0 saturated carbocycles. The molecule has 1 aliphatic carbocycles. The van der Waals surface area contributed by atoms with Crippen LogP contribution in [0.3, 0.4) is 0 Å². The number of rotatable bonds is 10. The monoisotopic (exact) mass is 456 g/mol. The number of hydrogen-bond acceptors (Lipinski definition) is 5. The third-order valence-electron chi connectivity index (χ3n) is 5.59. The summed E-state index contributed by atoms with van der Waals surface area (Å²) in [6.07, 6.45) is 1.79. The molecule has 0 saturated heterocycles. The molecule has 2 amide bonds. The summed E-state index contributed by atoms with van der Waals surface area (Å²) in [5, 5.41) is 14.4. The molecule has 0 aliphatic heterocycles. The first-order valence-electron chi connectivity index (χ1n) is 10.6. The van der Waals surface area contributed by atoms with Gasteiger partial charge in [0.15, 0.2) is 0 Å². The van der Waals surface area contributed by atoms with Crippen LogP contribution in [-0.2, 0) is 14.3 Å². The molecular weight excluding hydrogens is 428 g/mol. The number of amides is 2. The van der Waals surface area contributed by atoms with Gasteiger partial charge in [-0.05, 0) is 47.1 Å². The van der Waals surface area contributed by atoms with E-state index in [4.69, 9.17) is 4.74 Å². The van der Waals surface area contributed by atoms with Crippen LogP contribution >= 0.6 is 11.8 Å². The Bertz CT molecular complexity index is 935. The molecule has 1 aliphatic rings. The van der Waals surface area contributed by atoms with Crippen molar-refractivity contribution in [1.29, 1.82) is 0 Å². The van der Waals surface area contributed by atoms with E-state index in [1.165, 1.54) is 11.8 Å². The normalized spacial score (nSPS) is 14.1. The topological polar surface area (TPSA) is 105 Å². The maximum Gasteiger partial charge on any atom is 0.407 e. The maximum absolute atomic E-state index is 12.5. The smallest absolute Gasteiger partial charge is 0.407 e. The summed E-state index contributed by atoms with van der Waals surface area (Å²) < 4.78 is 5.49. The van der Waals surface area contributed by atoms with Crippen molar-refractivity contribution in [2.24, 2.45) is 0 Å². The molecule has 3 rings (SSSR count). The first-order chi connectivity index (χ1) is 15.5. The first kappa shape index (κ1) is 23.7. The Kier molecular flexibility index (Phi) is 8.16. The Balaban J connectivity index is 1.60. The molecule has 0 unspecified atom stereocenters. The minimum Gasteiger partial charge on any atom is -0.480 e. The third-order valence-corrected chi connectivity index (χ3v) is 6.23. The van der Waals surface area contributed by atoms with Crippen molar-refractivity contribution in [2.45, 2.75) is 37.8 Å². The SMILES string of the molecule is CC[C@H](NC(=O)OCC1c2ccccc2-c2ccccc21)C(=O)N[C@H](CCSC)C(=O)O. The fourth-order valence-corrected chi connectivity index (χ4v) is 4.37. The van der Waals surface area contributed by atoms with E-state index in [2.05, 4.69) is 22.8 Å². The quantitative estimate of drug-likeness (QED) is 0.504. The predicted molar refractivity (Wildman–Crippen MR) is 125 cm³/mol. The van der Waals surface area contributed by atoms with Gasteiger partial charge in [-0.15, -0.1) is 0 Å². The molecule has 32 heavy (non-hydrogen) atoms. The van der Waals surface area contributed by atoms with Crippen LogP contribution in [0.4, 0.5) is 4.79 Å². The molecule has 170 valence electrons. The van der Waals surface area contributed by atoms with Crippen molar-refractivity contribution in [3.8, 4) is 11.1 Å². The number of benzene rings is 2. The Labute approximate surface area is 191 Å². The van der Waals surface area contributed by atoms with E-state index in [0.29, 0.717) is 18.6 Å². The van der Waals surface area contributed by atoms with Crippen LogP contribution in [-0.4, -0.2) is 53.8 Å². The molecule has 0 bridgehead atoms. The fourth-order valence-electron chi connectivity index (χ4n) is 3.90. The molecule has 7 nitrogen and oxygen atoms in total. The molecule has 0 fully saturated rings. The molecule has 2 atom stereocenters. The number of hydrogen-bond donors (Lipinski definition) is 3. The second-order valence-corrected chi connectivity index (χ2v) is 8.60. The summed E-state index contributed by atoms with van der Waals surface area (Å²) in [7, 11) is 0. The van der Waals surface area contributed by atoms with Crippen molar-refractivity contribution in [3.63, 3.8) is 0 Å². The summed E-state index contributed by atoms with van der Waals surface area (Å²) in [6.45, 7) is 1.88. The summed E-state index contributed by atoms with van der Waals surface area (Å²) in [5.41, 5.74) is 4.47. The number of nitrogens with one attached hydrogen (secondary N) is 2. The van der Waals surface area contributed by atoms with Gasteiger partial charge in [-0.1, -0.05) is 55.5 Å². The fraction of sp³-hybridized carbons (Fsp3) is 0.375. The van der Waals surface area contributed by atoms with Gasteiger partial charge in [-0.25, -0.2) is 9.59 Å². The van der Waals surface area contributed by atoms with Crippen molar-refractivity contribution in [3.05, 3.63) is 59.7 Å². The Morgan fingerprint density at radius 1 is 1.00 bits per heavy atom. The largest absolute Gasteiger partial charge is 0.480 e. The highest BCUT2D eigenvalue weighted by atomic mass is 32.2. The number of alkyl carbamates (subject to hydrolysis) is 1. The maximum atomic E-state index is 12.5. The highest BCUT2D eigenvalue weighted by Gasteiger charge is 2.30. The van der Waals surface area contributed by atoms with Crippen LogP contribution in [0.2, 0.25) is 0 Å². The number of carbonyl (C=O) groups excluding carboxylic acids is 2. The van der Waals surface area contributed by atoms with Gasteiger partial charge < -0.3 is 20.5 Å². The van der Waals surface area contributed by atoms with Gasteiger partial charge in [0.05, 0.1) is 0 Å². The van der Waals surface area contributed by atoms with Crippen molar-refractivity contribution in [2.75, 3.05) is 18.6 Å². The predicted octanol–water partition coefficient (Wildman–Crippen LogP) is 3.63. The summed E-state index contributed by atoms with van der Waals surface area (Å²) >= 11 is 1.50. The minimum absolute atomic E-state index is 0.0787. The van der Waals surface area contributed by atoms with E-state index in [1.807, 2.05) is 42.7 Å². The van der Waals surface area contributed by atoms with E-state index < -0.39 is 30.1 Å². The number of fused-ring (bicyclic) bond motifs is 3. The molecular formula is C24H28N2O5S. The number of carboxylic acid groups (broad SMARTS) is 1. The van der Waals surface area contributed by atoms with Gasteiger partial charge in [0.1, 0.15) is 18.7 Å². The molecule has 0 heterocycles. The standard InChI is InChI=1S/C24H28N2O5S/c1-3-20(22(27)25-21(23(28)29)12-13-32-2)26-24(30)31-14-19-17-10-6-4-8-15(17)16-9-5-7-11-18(16)19/h4-11,19-21H,3,12-14H2,1-2H3,(H,25,27)(H,26,30)(H,28,29)/t20-,21+/m0/s1. The number of carboxylic acids is 1. The minimum atomic E-state index is -1.09. The van der Waals surface area contributed by atoms with Crippen molar-refractivity contribution in [1.82, 2.24) is 10.6 Å². The van der Waals surface area contributed by atoms with Gasteiger partial charge in [0.25, 0.3) is 0 Å². The van der Waals surface area contributed by atoms with Crippen LogP contribution < -0.4 is 10.6 Å². The summed E-state index contributed by atoms with van der Waals surface area (Å²) in [4.78, 5) is 36.4.